The van der Waals surface area contributed by atoms with Gasteiger partial charge in [-0.15, -0.1) is 0 Å². The third kappa shape index (κ3) is 8.62. The van der Waals surface area contributed by atoms with Crippen molar-refractivity contribution < 1.29 is 19.8 Å². The fraction of sp³-hybridized carbons (Fsp3) is 0.316. The molecule has 0 spiro atoms. The number of aryl methyl sites for hydroxylation is 1. The summed E-state index contributed by atoms with van der Waals surface area (Å²) in [5.74, 6) is -3.65. The molecule has 0 aliphatic rings. The predicted molar refractivity (Wildman–Crippen MR) is 95.4 cm³/mol. The van der Waals surface area contributed by atoms with Crippen LogP contribution in [-0.2, 0) is 29.0 Å². The van der Waals surface area contributed by atoms with Crippen LogP contribution in [0, 0.1) is 0 Å². The maximum atomic E-state index is 9.10. The second kappa shape index (κ2) is 10.9. The zero-order chi connectivity index (χ0) is 18.7. The van der Waals surface area contributed by atoms with Crippen LogP contribution in [0.3, 0.4) is 0 Å². The van der Waals surface area contributed by atoms with Crippen molar-refractivity contribution >= 4 is 11.9 Å². The van der Waals surface area contributed by atoms with Crippen molar-refractivity contribution in [3.8, 4) is 0 Å². The zero-order valence-electron chi connectivity index (χ0n) is 14.6. The number of aromatic nitrogens is 1. The lowest BCUT2D eigenvalue weighted by molar-refractivity contribution is -0.159. The van der Waals surface area contributed by atoms with Gasteiger partial charge >= 0.3 is 11.9 Å². The summed E-state index contributed by atoms with van der Waals surface area (Å²) in [6.45, 7) is 4.22. The number of carbonyl (C=O) groups is 2. The van der Waals surface area contributed by atoms with Crippen LogP contribution >= 0.6 is 0 Å². The molecule has 0 saturated heterocycles. The number of likely N-dealkylation sites (N-methyl/N-ethyl adjacent to an activating group) is 1. The number of aliphatic carboxylic acids is 2. The molecule has 0 amide bonds. The molecular formula is C19H24N2O4. The number of carboxylic acids is 2. The van der Waals surface area contributed by atoms with Gasteiger partial charge in [0.2, 0.25) is 0 Å². The molecule has 134 valence electrons. The molecule has 0 saturated carbocycles. The van der Waals surface area contributed by atoms with Gasteiger partial charge in [0.1, 0.15) is 0 Å². The Hall–Kier alpha value is -2.73. The molecule has 0 aliphatic heterocycles. The van der Waals surface area contributed by atoms with Crippen LogP contribution in [0.2, 0.25) is 0 Å². The van der Waals surface area contributed by atoms with Gasteiger partial charge in [0.15, 0.2) is 0 Å². The molecule has 0 radical (unpaired) electrons. The minimum absolute atomic E-state index is 0.997. The summed E-state index contributed by atoms with van der Waals surface area (Å²) in [6, 6.07) is 15.0. The topological polar surface area (TPSA) is 90.7 Å². The maximum absolute atomic E-state index is 9.10. The normalized spacial score (nSPS) is 10.0. The van der Waals surface area contributed by atoms with Gasteiger partial charge in [0.05, 0.1) is 0 Å². The maximum Gasteiger partial charge on any atom is 0.414 e. The van der Waals surface area contributed by atoms with Gasteiger partial charge in [-0.3, -0.25) is 4.98 Å². The molecule has 0 atom stereocenters. The molecule has 25 heavy (non-hydrogen) atoms. The molecule has 2 aromatic rings. The van der Waals surface area contributed by atoms with Crippen molar-refractivity contribution in [1.82, 2.24) is 9.88 Å². The monoisotopic (exact) mass is 344 g/mol. The minimum atomic E-state index is -1.82. The SMILES string of the molecule is CCc1ccc(CN(C)CCc2ccccn2)cc1.O=C(O)C(=O)O. The Morgan fingerprint density at radius 2 is 1.60 bits per heavy atom. The standard InChI is InChI=1S/C17H22N2.C2H2O4/c1-3-15-7-9-16(10-8-15)14-19(2)13-11-17-6-4-5-12-18-17;3-1(4)2(5)6/h4-10,12H,3,11,13-14H2,1-2H3;(H,3,4)(H,5,6). The van der Waals surface area contributed by atoms with E-state index in [-0.39, 0.29) is 0 Å². The van der Waals surface area contributed by atoms with Crippen molar-refractivity contribution in [2.75, 3.05) is 13.6 Å². The van der Waals surface area contributed by atoms with Crippen LogP contribution in [0.5, 0.6) is 0 Å². The molecule has 6 nitrogen and oxygen atoms in total. The Morgan fingerprint density at radius 3 is 2.08 bits per heavy atom. The van der Waals surface area contributed by atoms with E-state index >= 15 is 0 Å². The lowest BCUT2D eigenvalue weighted by Gasteiger charge is -2.16. The highest BCUT2D eigenvalue weighted by Crippen LogP contribution is 2.07. The quantitative estimate of drug-likeness (QED) is 0.782. The van der Waals surface area contributed by atoms with Crippen molar-refractivity contribution in [2.45, 2.75) is 26.3 Å². The fourth-order valence-electron chi connectivity index (χ4n) is 2.12. The number of carboxylic acid groups (broad SMARTS) is 2. The minimum Gasteiger partial charge on any atom is -0.473 e. The van der Waals surface area contributed by atoms with Crippen LogP contribution in [0.15, 0.2) is 48.7 Å². The average Bonchev–Trinajstić information content (AvgIpc) is 2.62. The van der Waals surface area contributed by atoms with Gasteiger partial charge < -0.3 is 15.1 Å². The molecule has 1 heterocycles. The molecule has 1 aromatic heterocycles. The van der Waals surface area contributed by atoms with Crippen LogP contribution in [-0.4, -0.2) is 45.6 Å². The van der Waals surface area contributed by atoms with Crippen molar-refractivity contribution in [2.24, 2.45) is 0 Å². The Kier molecular flexibility index (Phi) is 8.89. The van der Waals surface area contributed by atoms with Gasteiger partial charge in [0, 0.05) is 31.4 Å². The molecule has 0 aliphatic carbocycles. The van der Waals surface area contributed by atoms with Crippen molar-refractivity contribution in [3.63, 3.8) is 0 Å². The number of rotatable bonds is 6. The largest absolute Gasteiger partial charge is 0.473 e. The third-order valence-electron chi connectivity index (χ3n) is 3.54. The Bertz CT molecular complexity index is 645. The zero-order valence-corrected chi connectivity index (χ0v) is 14.6. The summed E-state index contributed by atoms with van der Waals surface area (Å²) in [7, 11) is 2.16. The van der Waals surface area contributed by atoms with E-state index in [0.717, 1.165) is 31.6 Å². The Balaban J connectivity index is 0.000000450. The van der Waals surface area contributed by atoms with Crippen molar-refractivity contribution in [3.05, 3.63) is 65.5 Å². The number of hydrogen-bond donors (Lipinski definition) is 2. The molecule has 1 aromatic carbocycles. The van der Waals surface area contributed by atoms with E-state index in [1.165, 1.54) is 11.1 Å². The summed E-state index contributed by atoms with van der Waals surface area (Å²) < 4.78 is 0. The number of pyridine rings is 1. The van der Waals surface area contributed by atoms with Gasteiger partial charge in [-0.1, -0.05) is 37.3 Å². The molecule has 0 fully saturated rings. The summed E-state index contributed by atoms with van der Waals surface area (Å²) in [5.41, 5.74) is 3.94. The van der Waals surface area contributed by atoms with Gasteiger partial charge in [-0.25, -0.2) is 9.59 Å². The first-order chi connectivity index (χ1) is 11.9. The van der Waals surface area contributed by atoms with Crippen LogP contribution < -0.4 is 0 Å². The second-order valence-corrected chi connectivity index (χ2v) is 5.59. The molecule has 6 heteroatoms. The van der Waals surface area contributed by atoms with E-state index in [1.807, 2.05) is 18.3 Å². The van der Waals surface area contributed by atoms with Gasteiger partial charge in [-0.05, 0) is 36.7 Å². The summed E-state index contributed by atoms with van der Waals surface area (Å²) in [5, 5.41) is 14.8. The van der Waals surface area contributed by atoms with E-state index in [2.05, 4.69) is 54.2 Å². The molecule has 2 N–H and O–H groups in total. The molecule has 0 bridgehead atoms. The first-order valence-corrected chi connectivity index (χ1v) is 8.04. The lowest BCUT2D eigenvalue weighted by Crippen LogP contribution is -2.21. The lowest BCUT2D eigenvalue weighted by atomic mass is 10.1. The fourth-order valence-corrected chi connectivity index (χ4v) is 2.12. The average molecular weight is 344 g/mol. The summed E-state index contributed by atoms with van der Waals surface area (Å²) >= 11 is 0. The Labute approximate surface area is 147 Å². The number of benzene rings is 1. The van der Waals surface area contributed by atoms with Crippen LogP contribution in [0.4, 0.5) is 0 Å². The van der Waals surface area contributed by atoms with E-state index in [0.29, 0.717) is 0 Å². The summed E-state index contributed by atoms with van der Waals surface area (Å²) in [4.78, 5) is 24.9. The van der Waals surface area contributed by atoms with E-state index < -0.39 is 11.9 Å². The number of nitrogens with zero attached hydrogens (tertiary/aromatic N) is 2. The van der Waals surface area contributed by atoms with Gasteiger partial charge in [-0.2, -0.15) is 0 Å². The van der Waals surface area contributed by atoms with Gasteiger partial charge in [0.25, 0.3) is 0 Å². The van der Waals surface area contributed by atoms with Crippen LogP contribution in [0.25, 0.3) is 0 Å². The van der Waals surface area contributed by atoms with Crippen molar-refractivity contribution in [1.29, 1.82) is 0 Å². The second-order valence-electron chi connectivity index (χ2n) is 5.59. The van der Waals surface area contributed by atoms with E-state index in [9.17, 15) is 0 Å². The Morgan fingerprint density at radius 1 is 1.00 bits per heavy atom. The predicted octanol–water partition coefficient (Wildman–Crippen LogP) is 2.47. The highest BCUT2D eigenvalue weighted by molar-refractivity contribution is 6.27. The molecule has 2 rings (SSSR count). The third-order valence-corrected chi connectivity index (χ3v) is 3.54. The van der Waals surface area contributed by atoms with Crippen LogP contribution in [0.1, 0.15) is 23.7 Å². The molecular weight excluding hydrogens is 320 g/mol. The summed E-state index contributed by atoms with van der Waals surface area (Å²) in [6.07, 6.45) is 3.97. The number of hydrogen-bond acceptors (Lipinski definition) is 4. The highest BCUT2D eigenvalue weighted by atomic mass is 16.4. The smallest absolute Gasteiger partial charge is 0.414 e. The van der Waals surface area contributed by atoms with E-state index in [1.54, 1.807) is 0 Å². The first-order valence-electron chi connectivity index (χ1n) is 8.04. The first kappa shape index (κ1) is 20.3. The van der Waals surface area contributed by atoms with E-state index in [4.69, 9.17) is 19.8 Å². The molecule has 0 unspecified atom stereocenters. The highest BCUT2D eigenvalue weighted by Gasteiger charge is 2.04.